The minimum atomic E-state index is -3.99. The van der Waals surface area contributed by atoms with E-state index in [9.17, 15) is 8.42 Å². The largest absolute Gasteiger partial charge is 0.368 e. The van der Waals surface area contributed by atoms with Crippen LogP contribution >= 0.6 is 11.6 Å². The minimum absolute atomic E-state index is 0.00407. The van der Waals surface area contributed by atoms with Gasteiger partial charge in [-0.25, -0.2) is 9.69 Å². The topological polar surface area (TPSA) is 122 Å². The molecule has 0 aliphatic carbocycles. The van der Waals surface area contributed by atoms with Gasteiger partial charge in [-0.2, -0.15) is 27.9 Å². The number of nitrogens with zero attached hydrogens (tertiary/aromatic N) is 7. The molecule has 1 fully saturated rings. The smallest absolute Gasteiger partial charge is 0.325 e. The quantitative estimate of drug-likeness (QED) is 0.379. The average molecular weight is 567 g/mol. The summed E-state index contributed by atoms with van der Waals surface area (Å²) in [6.07, 6.45) is 2.24. The SMILES string of the molecule is Cc1cc(C)n(/C(N)=N/C(=N\S(=O)(=O)N2CCCC2)N2CCC(c3ccccc3)C(c3ccc(Cl)cc3)=N2)n1. The number of hydrogen-bond acceptors (Lipinski definition) is 4. The molecule has 204 valence electrons. The molecule has 5 rings (SSSR count). The van der Waals surface area contributed by atoms with E-state index < -0.39 is 10.2 Å². The van der Waals surface area contributed by atoms with E-state index in [-0.39, 0.29) is 17.8 Å². The van der Waals surface area contributed by atoms with Gasteiger partial charge in [0, 0.05) is 36.3 Å². The Bertz CT molecular complexity index is 1530. The molecule has 0 spiro atoms. The molecule has 1 atom stereocenters. The number of aryl methyl sites for hydroxylation is 2. The van der Waals surface area contributed by atoms with Crippen LogP contribution in [0.25, 0.3) is 0 Å². The van der Waals surface area contributed by atoms with Crippen LogP contribution in [0.3, 0.4) is 0 Å². The molecular weight excluding hydrogens is 536 g/mol. The molecular formula is C27H31ClN8O2S. The van der Waals surface area contributed by atoms with Gasteiger partial charge < -0.3 is 5.73 Å². The molecule has 0 amide bonds. The van der Waals surface area contributed by atoms with Crippen molar-refractivity contribution in [2.45, 2.75) is 39.0 Å². The normalized spacial score (nSPS) is 19.4. The Labute approximate surface area is 233 Å². The number of aliphatic imine (C=N–C) groups is 1. The molecule has 2 aliphatic heterocycles. The zero-order valence-corrected chi connectivity index (χ0v) is 23.5. The van der Waals surface area contributed by atoms with E-state index in [1.165, 1.54) is 14.0 Å². The maximum atomic E-state index is 13.3. The molecule has 0 radical (unpaired) electrons. The Morgan fingerprint density at radius 1 is 1.03 bits per heavy atom. The molecule has 1 saturated heterocycles. The zero-order chi connectivity index (χ0) is 27.6. The van der Waals surface area contributed by atoms with Crippen LogP contribution in [0, 0.1) is 13.8 Å². The summed E-state index contributed by atoms with van der Waals surface area (Å²) in [4.78, 5) is 4.48. The number of halogens is 1. The zero-order valence-electron chi connectivity index (χ0n) is 21.9. The first-order valence-electron chi connectivity index (χ1n) is 12.9. The lowest BCUT2D eigenvalue weighted by Gasteiger charge is -2.31. The van der Waals surface area contributed by atoms with Gasteiger partial charge in [0.05, 0.1) is 11.4 Å². The summed E-state index contributed by atoms with van der Waals surface area (Å²) in [7, 11) is -3.99. The first-order chi connectivity index (χ1) is 18.7. The lowest BCUT2D eigenvalue weighted by Crippen LogP contribution is -2.38. The third-order valence-corrected chi connectivity index (χ3v) is 8.45. The Morgan fingerprint density at radius 3 is 2.36 bits per heavy atom. The fourth-order valence-electron chi connectivity index (χ4n) is 4.89. The van der Waals surface area contributed by atoms with Gasteiger partial charge in [-0.15, -0.1) is 4.40 Å². The van der Waals surface area contributed by atoms with Crippen LogP contribution in [0.5, 0.6) is 0 Å². The van der Waals surface area contributed by atoms with E-state index in [4.69, 9.17) is 22.4 Å². The summed E-state index contributed by atoms with van der Waals surface area (Å²) in [5.74, 6) is -0.119. The molecule has 10 nitrogen and oxygen atoms in total. The van der Waals surface area contributed by atoms with Gasteiger partial charge in [-0.1, -0.05) is 54.1 Å². The highest BCUT2D eigenvalue weighted by atomic mass is 35.5. The van der Waals surface area contributed by atoms with Crippen LogP contribution < -0.4 is 5.73 Å². The molecule has 2 N–H and O–H groups in total. The number of benzene rings is 2. The lowest BCUT2D eigenvalue weighted by molar-refractivity contribution is 0.398. The lowest BCUT2D eigenvalue weighted by atomic mass is 9.86. The molecule has 0 bridgehead atoms. The molecule has 1 unspecified atom stereocenters. The van der Waals surface area contributed by atoms with Crippen LogP contribution in [-0.4, -0.2) is 64.8 Å². The summed E-state index contributed by atoms with van der Waals surface area (Å²) in [5, 5.41) is 11.4. The minimum Gasteiger partial charge on any atom is -0.368 e. The van der Waals surface area contributed by atoms with Gasteiger partial charge in [0.25, 0.3) is 5.96 Å². The number of aromatic nitrogens is 2. The second-order valence-corrected chi connectivity index (χ2v) is 11.7. The second kappa shape index (κ2) is 11.3. The van der Waals surface area contributed by atoms with E-state index in [0.29, 0.717) is 31.1 Å². The summed E-state index contributed by atoms with van der Waals surface area (Å²) in [5.41, 5.74) is 10.6. The fraction of sp³-hybridized carbons (Fsp3) is 0.333. The van der Waals surface area contributed by atoms with E-state index in [1.807, 2.05) is 62.4 Å². The number of hydrazone groups is 1. The van der Waals surface area contributed by atoms with Gasteiger partial charge in [0.15, 0.2) is 0 Å². The standard InChI is InChI=1S/C27H31ClN8O2S/c1-19-18-20(2)36(31-19)26(29)30-27(33-39(37,38)34-15-6-7-16-34)35-17-14-24(21-8-4-3-5-9-21)25(32-35)22-10-12-23(28)13-11-22/h3-5,8-13,18,24H,6-7,14-17H2,1-2H3,(H2,29,30,33). The molecule has 3 heterocycles. The molecule has 12 heteroatoms. The van der Waals surface area contributed by atoms with Crippen LogP contribution in [0.15, 0.2) is 75.2 Å². The van der Waals surface area contributed by atoms with Gasteiger partial charge in [-0.3, -0.25) is 0 Å². The molecule has 39 heavy (non-hydrogen) atoms. The van der Waals surface area contributed by atoms with Gasteiger partial charge in [-0.05, 0) is 62.4 Å². The summed E-state index contributed by atoms with van der Waals surface area (Å²) in [6, 6.07) is 19.4. The Morgan fingerprint density at radius 2 is 1.72 bits per heavy atom. The third kappa shape index (κ3) is 6.05. The Hall–Kier alpha value is -3.54. The first-order valence-corrected chi connectivity index (χ1v) is 14.6. The highest BCUT2D eigenvalue weighted by Gasteiger charge is 2.31. The van der Waals surface area contributed by atoms with Crippen molar-refractivity contribution < 1.29 is 8.42 Å². The third-order valence-electron chi connectivity index (χ3n) is 6.79. The van der Waals surface area contributed by atoms with Gasteiger partial charge in [0.2, 0.25) is 5.96 Å². The highest BCUT2D eigenvalue weighted by Crippen LogP contribution is 2.30. The fourth-order valence-corrected chi connectivity index (χ4v) is 6.19. The molecule has 1 aromatic heterocycles. The van der Waals surface area contributed by atoms with Crippen molar-refractivity contribution >= 4 is 39.4 Å². The number of guanidine groups is 1. The number of hydrogen-bond donors (Lipinski definition) is 1. The van der Waals surface area contributed by atoms with Crippen molar-refractivity contribution in [2.24, 2.45) is 20.2 Å². The molecule has 3 aromatic rings. The Kier molecular flexibility index (Phi) is 7.83. The summed E-state index contributed by atoms with van der Waals surface area (Å²) in [6.45, 7) is 4.93. The van der Waals surface area contributed by atoms with Crippen molar-refractivity contribution in [1.29, 1.82) is 0 Å². The molecule has 0 saturated carbocycles. The number of rotatable bonds is 4. The monoisotopic (exact) mass is 566 g/mol. The average Bonchev–Trinajstić information content (AvgIpc) is 3.59. The maximum Gasteiger partial charge on any atom is 0.325 e. The van der Waals surface area contributed by atoms with Crippen molar-refractivity contribution in [3.05, 3.63) is 88.2 Å². The first kappa shape index (κ1) is 27.0. The van der Waals surface area contributed by atoms with Gasteiger partial charge in [0.1, 0.15) is 0 Å². The van der Waals surface area contributed by atoms with Crippen LogP contribution in [-0.2, 0) is 10.2 Å². The van der Waals surface area contributed by atoms with Gasteiger partial charge >= 0.3 is 10.2 Å². The summed E-state index contributed by atoms with van der Waals surface area (Å²) >= 11 is 6.17. The molecule has 2 aliphatic rings. The van der Waals surface area contributed by atoms with Crippen LogP contribution in [0.1, 0.15) is 47.7 Å². The molecule has 2 aromatic carbocycles. The maximum absolute atomic E-state index is 13.3. The number of nitrogens with two attached hydrogens (primary N) is 1. The van der Waals surface area contributed by atoms with Crippen molar-refractivity contribution in [3.8, 4) is 0 Å². The van der Waals surface area contributed by atoms with Crippen LogP contribution in [0.4, 0.5) is 0 Å². The second-order valence-electron chi connectivity index (χ2n) is 9.65. The highest BCUT2D eigenvalue weighted by molar-refractivity contribution is 7.87. The van der Waals surface area contributed by atoms with E-state index in [2.05, 4.69) is 26.6 Å². The van der Waals surface area contributed by atoms with E-state index in [1.54, 1.807) is 0 Å². The Balaban J connectivity index is 1.62. The van der Waals surface area contributed by atoms with Crippen molar-refractivity contribution in [2.75, 3.05) is 19.6 Å². The van der Waals surface area contributed by atoms with Crippen molar-refractivity contribution in [3.63, 3.8) is 0 Å². The van der Waals surface area contributed by atoms with Crippen molar-refractivity contribution in [1.82, 2.24) is 19.1 Å². The van der Waals surface area contributed by atoms with Crippen LogP contribution in [0.2, 0.25) is 5.02 Å². The van der Waals surface area contributed by atoms with E-state index >= 15 is 0 Å². The predicted molar refractivity (Wildman–Crippen MR) is 154 cm³/mol. The van der Waals surface area contributed by atoms with E-state index in [0.717, 1.165) is 41.1 Å². The predicted octanol–water partition coefficient (Wildman–Crippen LogP) is 3.91. The summed E-state index contributed by atoms with van der Waals surface area (Å²) < 4.78 is 33.5.